The summed E-state index contributed by atoms with van der Waals surface area (Å²) in [7, 11) is 0. The lowest BCUT2D eigenvalue weighted by molar-refractivity contribution is -0.136. The van der Waals surface area contributed by atoms with Crippen LogP contribution in [0, 0.1) is 11.2 Å². The molecule has 5 heterocycles. The number of aliphatic hydroxyl groups excluding tert-OH is 1. The fraction of sp³-hybridized carbons (Fsp3) is 0.236. The highest BCUT2D eigenvalue weighted by molar-refractivity contribution is 6.01. The maximum absolute atomic E-state index is 14.6. The van der Waals surface area contributed by atoms with E-state index in [1.54, 1.807) is 43.7 Å². The van der Waals surface area contributed by atoms with Crippen LogP contribution in [0.2, 0.25) is 0 Å². The van der Waals surface area contributed by atoms with Crippen LogP contribution in [0.25, 0.3) is 33.5 Å². The summed E-state index contributed by atoms with van der Waals surface area (Å²) >= 11 is 0. The van der Waals surface area contributed by atoms with Gasteiger partial charge in [-0.3, -0.25) is 14.5 Å². The van der Waals surface area contributed by atoms with Crippen LogP contribution in [-0.2, 0) is 15.1 Å². The molecule has 13 heteroatoms. The fourth-order valence-electron chi connectivity index (χ4n) is 10.2. The zero-order valence-electron chi connectivity index (χ0n) is 38.0. The van der Waals surface area contributed by atoms with Gasteiger partial charge in [-0.2, -0.15) is 5.10 Å². The molecule has 2 aliphatic heterocycles. The van der Waals surface area contributed by atoms with Crippen LogP contribution in [0.4, 0.5) is 15.9 Å². The minimum absolute atomic E-state index is 0.0168. The van der Waals surface area contributed by atoms with Crippen molar-refractivity contribution in [3.8, 4) is 22.6 Å². The number of nitrogens with zero attached hydrogens (tertiary/aromatic N) is 8. The number of carbonyl (C=O) groups excluding carboxylic acids is 2. The second-order valence-electron chi connectivity index (χ2n) is 17.9. The number of halogens is 1. The second-order valence-corrected chi connectivity index (χ2v) is 17.9. The van der Waals surface area contributed by atoms with Crippen molar-refractivity contribution in [3.05, 3.63) is 193 Å². The Morgan fingerprint density at radius 2 is 1.41 bits per heavy atom. The highest BCUT2D eigenvalue weighted by Gasteiger charge is 2.49. The van der Waals surface area contributed by atoms with Crippen molar-refractivity contribution < 1.29 is 19.1 Å². The van der Waals surface area contributed by atoms with Crippen molar-refractivity contribution in [3.63, 3.8) is 0 Å². The van der Waals surface area contributed by atoms with Crippen molar-refractivity contribution in [2.24, 2.45) is 5.41 Å². The van der Waals surface area contributed by atoms with Gasteiger partial charge >= 0.3 is 0 Å². The fourth-order valence-corrected chi connectivity index (χ4v) is 10.2. The van der Waals surface area contributed by atoms with E-state index in [0.29, 0.717) is 55.4 Å². The number of benzene rings is 5. The predicted octanol–water partition coefficient (Wildman–Crippen LogP) is 8.28. The zero-order chi connectivity index (χ0) is 46.8. The smallest absolute Gasteiger partial charge is 0.237 e. The normalized spacial score (nSPS) is 18.1. The first kappa shape index (κ1) is 44.2. The summed E-state index contributed by atoms with van der Waals surface area (Å²) in [5, 5.41) is 20.7. The van der Waals surface area contributed by atoms with Crippen LogP contribution in [-0.4, -0.2) is 103 Å². The number of hydrogen-bond acceptors (Lipinski definition) is 9. The number of hydrogen-bond donors (Lipinski definition) is 2. The van der Waals surface area contributed by atoms with Gasteiger partial charge in [0.25, 0.3) is 0 Å². The van der Waals surface area contributed by atoms with E-state index in [2.05, 4.69) is 61.6 Å². The van der Waals surface area contributed by atoms with E-state index >= 15 is 0 Å². The first-order chi connectivity index (χ1) is 33.1. The van der Waals surface area contributed by atoms with Gasteiger partial charge in [0.1, 0.15) is 22.9 Å². The molecule has 0 aliphatic carbocycles. The van der Waals surface area contributed by atoms with Crippen molar-refractivity contribution in [2.45, 2.75) is 38.0 Å². The number of aromatic nitrogens is 5. The summed E-state index contributed by atoms with van der Waals surface area (Å²) in [6, 6.07) is 48.5. The molecule has 2 aliphatic rings. The van der Waals surface area contributed by atoms with Crippen LogP contribution in [0.1, 0.15) is 37.0 Å². The molecule has 0 radical (unpaired) electrons. The number of amides is 2. The van der Waals surface area contributed by atoms with Crippen LogP contribution in [0.3, 0.4) is 0 Å². The van der Waals surface area contributed by atoms with Gasteiger partial charge in [-0.1, -0.05) is 91.0 Å². The summed E-state index contributed by atoms with van der Waals surface area (Å²) in [5.41, 5.74) is 4.32. The Balaban J connectivity index is 0.912. The molecule has 0 spiro atoms. The van der Waals surface area contributed by atoms with E-state index in [9.17, 15) is 19.1 Å². The molecule has 2 amide bonds. The van der Waals surface area contributed by atoms with Crippen molar-refractivity contribution >= 4 is 34.2 Å². The molecule has 3 aromatic heterocycles. The molecule has 342 valence electrons. The quantitative estimate of drug-likeness (QED) is 0.116. The highest BCUT2D eigenvalue weighted by Crippen LogP contribution is 2.45. The lowest BCUT2D eigenvalue weighted by Crippen LogP contribution is -2.56. The van der Waals surface area contributed by atoms with E-state index in [4.69, 9.17) is 5.10 Å². The van der Waals surface area contributed by atoms with Gasteiger partial charge in [0.05, 0.1) is 23.6 Å². The van der Waals surface area contributed by atoms with Gasteiger partial charge in [-0.05, 0) is 104 Å². The molecule has 2 unspecified atom stereocenters. The maximum atomic E-state index is 14.6. The molecule has 2 saturated heterocycles. The lowest BCUT2D eigenvalue weighted by Gasteiger charge is -2.41. The Hall–Kier alpha value is -7.61. The Bertz CT molecular complexity index is 2930. The number of pyridine rings is 1. The predicted molar refractivity (Wildman–Crippen MR) is 262 cm³/mol. The van der Waals surface area contributed by atoms with Crippen LogP contribution in [0.15, 0.2) is 170 Å². The van der Waals surface area contributed by atoms with Gasteiger partial charge in [0, 0.05) is 73.0 Å². The molecular formula is C55H52FN9O3. The SMILES string of the molecule is CC(O)C1(C(=O)Nc2ccc3c(c2)c(-c2ccc(F)cc2)nn3C(c2ccccc2)(c2ccccc2)c2ccccc2)CCN(CC(=O)N2CCN(c3ccc(-c4ncccn4)cn3)C[C@H]2C)C1. The molecule has 10 rings (SSSR count). The third-order valence-electron chi connectivity index (χ3n) is 13.8. The molecule has 2 N–H and O–H groups in total. The number of aliphatic hydroxyl groups is 1. The van der Waals surface area contributed by atoms with E-state index in [1.807, 2.05) is 106 Å². The number of anilines is 2. The Kier molecular flexibility index (Phi) is 12.1. The van der Waals surface area contributed by atoms with Crippen molar-refractivity contribution in [2.75, 3.05) is 49.5 Å². The third kappa shape index (κ3) is 8.17. The monoisotopic (exact) mass is 905 g/mol. The maximum Gasteiger partial charge on any atom is 0.237 e. The standard InChI is InChI=1S/C55H52FN9O3/c1-38-35-63(49-26-21-41(34-59-49)52-57-28-12-29-58-52)31-32-64(38)50(67)36-62-30-27-54(37-62,39(2)66)53(68)60-46-24-25-48-47(33-46)51(40-19-22-45(56)23-20-40)61-65(48)55(42-13-6-3-7-14-42,43-15-8-4-9-16-43)44-17-10-5-11-18-44/h3-26,28-29,33-34,38-39,66H,27,30-32,35-37H2,1-2H3,(H,60,68)/t38-,39?,54?/m1/s1. The summed E-state index contributed by atoms with van der Waals surface area (Å²) in [6.45, 7) is 6.29. The van der Waals surface area contributed by atoms with Crippen LogP contribution < -0.4 is 10.2 Å². The molecule has 68 heavy (non-hydrogen) atoms. The largest absolute Gasteiger partial charge is 0.392 e. The number of carbonyl (C=O) groups is 2. The van der Waals surface area contributed by atoms with Gasteiger partial charge in [-0.25, -0.2) is 24.0 Å². The number of piperazine rings is 1. The van der Waals surface area contributed by atoms with E-state index in [0.717, 1.165) is 39.0 Å². The first-order valence-corrected chi connectivity index (χ1v) is 23.1. The number of likely N-dealkylation sites (tertiary alicyclic amines) is 1. The average Bonchev–Trinajstić information content (AvgIpc) is 3.99. The molecular weight excluding hydrogens is 854 g/mol. The van der Waals surface area contributed by atoms with E-state index < -0.39 is 17.1 Å². The Morgan fingerprint density at radius 1 is 0.779 bits per heavy atom. The van der Waals surface area contributed by atoms with Crippen LogP contribution >= 0.6 is 0 Å². The lowest BCUT2D eigenvalue weighted by atomic mass is 9.77. The summed E-state index contributed by atoms with van der Waals surface area (Å²) in [5.74, 6) is 0.738. The number of rotatable bonds is 12. The van der Waals surface area contributed by atoms with E-state index in [-0.39, 0.29) is 36.8 Å². The minimum atomic E-state index is -1.17. The summed E-state index contributed by atoms with van der Waals surface area (Å²) < 4.78 is 16.5. The van der Waals surface area contributed by atoms with Crippen LogP contribution in [0.5, 0.6) is 0 Å². The Labute approximate surface area is 394 Å². The molecule has 2 fully saturated rings. The molecule has 12 nitrogen and oxygen atoms in total. The van der Waals surface area contributed by atoms with Crippen molar-refractivity contribution in [1.29, 1.82) is 0 Å². The minimum Gasteiger partial charge on any atom is -0.392 e. The van der Waals surface area contributed by atoms with Gasteiger partial charge in [0.15, 0.2) is 5.82 Å². The summed E-state index contributed by atoms with van der Waals surface area (Å²) in [6.07, 6.45) is 4.56. The highest BCUT2D eigenvalue weighted by atomic mass is 19.1. The first-order valence-electron chi connectivity index (χ1n) is 23.1. The topological polar surface area (TPSA) is 133 Å². The van der Waals surface area contributed by atoms with Gasteiger partial charge in [-0.15, -0.1) is 0 Å². The van der Waals surface area contributed by atoms with Crippen molar-refractivity contribution in [1.82, 2.24) is 34.5 Å². The molecule has 8 aromatic rings. The third-order valence-corrected chi connectivity index (χ3v) is 13.8. The second kappa shape index (κ2) is 18.6. The Morgan fingerprint density at radius 3 is 2.00 bits per heavy atom. The summed E-state index contributed by atoms with van der Waals surface area (Å²) in [4.78, 5) is 47.9. The zero-order valence-corrected chi connectivity index (χ0v) is 38.0. The number of nitrogens with one attached hydrogen (secondary N) is 1. The van der Waals surface area contributed by atoms with E-state index in [1.165, 1.54) is 12.1 Å². The molecule has 5 aromatic carbocycles. The molecule has 0 saturated carbocycles. The number of fused-ring (bicyclic) bond motifs is 1. The molecule has 0 bridgehead atoms. The van der Waals surface area contributed by atoms with Gasteiger partial charge < -0.3 is 20.2 Å². The van der Waals surface area contributed by atoms with Gasteiger partial charge in [0.2, 0.25) is 11.8 Å². The average molecular weight is 906 g/mol. The molecule has 3 atom stereocenters.